The lowest BCUT2D eigenvalue weighted by atomic mass is 10.2. The number of ether oxygens (including phenoxy) is 1. The maximum absolute atomic E-state index is 12.7. The van der Waals surface area contributed by atoms with Crippen molar-refractivity contribution in [3.05, 3.63) is 32.6 Å². The molecule has 0 N–H and O–H groups in total. The molecule has 25 heavy (non-hydrogen) atoms. The topological polar surface area (TPSA) is 83.2 Å². The van der Waals surface area contributed by atoms with E-state index >= 15 is 0 Å². The number of carbonyl (C=O) groups excluding carboxylic acids is 1. The summed E-state index contributed by atoms with van der Waals surface area (Å²) >= 11 is 1.31. The molecule has 0 aliphatic heterocycles. The molecule has 8 heteroatoms. The van der Waals surface area contributed by atoms with Crippen molar-refractivity contribution >= 4 is 28.8 Å². The van der Waals surface area contributed by atoms with Gasteiger partial charge >= 0.3 is 11.7 Å². The second-order valence-electron chi connectivity index (χ2n) is 5.64. The van der Waals surface area contributed by atoms with Gasteiger partial charge in [-0.2, -0.15) is 0 Å². The molecule has 7 nitrogen and oxygen atoms in total. The molecule has 1 unspecified atom stereocenters. The molecule has 0 spiro atoms. The summed E-state index contributed by atoms with van der Waals surface area (Å²) in [6.07, 6.45) is 2.90. The lowest BCUT2D eigenvalue weighted by Crippen LogP contribution is -2.37. The van der Waals surface area contributed by atoms with Crippen molar-refractivity contribution < 1.29 is 9.53 Å². The zero-order chi connectivity index (χ0) is 18.7. The van der Waals surface area contributed by atoms with E-state index in [9.17, 15) is 14.4 Å². The first kappa shape index (κ1) is 19.2. The van der Waals surface area contributed by atoms with E-state index in [1.54, 1.807) is 20.2 Å². The number of aromatic nitrogens is 3. The average molecular weight is 365 g/mol. The van der Waals surface area contributed by atoms with E-state index in [1.165, 1.54) is 23.4 Å². The number of hydrogen-bond acceptors (Lipinski definition) is 6. The van der Waals surface area contributed by atoms with Gasteiger partial charge in [0.15, 0.2) is 0 Å². The molecule has 0 saturated heterocycles. The Balaban J connectivity index is 2.75. The van der Waals surface area contributed by atoms with E-state index in [-0.39, 0.29) is 5.97 Å². The van der Waals surface area contributed by atoms with Crippen LogP contribution in [0.5, 0.6) is 0 Å². The minimum Gasteiger partial charge on any atom is -0.465 e. The number of pyridine rings is 1. The first-order valence-corrected chi connectivity index (χ1v) is 9.16. The Morgan fingerprint density at radius 2 is 1.92 bits per heavy atom. The molecule has 2 rings (SSSR count). The van der Waals surface area contributed by atoms with Crippen molar-refractivity contribution in [1.82, 2.24) is 14.1 Å². The number of hydrogen-bond donors (Lipinski definition) is 0. The normalized spacial score (nSPS) is 12.4. The molecule has 1 atom stereocenters. The van der Waals surface area contributed by atoms with Gasteiger partial charge in [0.1, 0.15) is 10.9 Å². The fourth-order valence-corrected chi connectivity index (χ4v) is 3.86. The molecule has 0 saturated carbocycles. The van der Waals surface area contributed by atoms with Gasteiger partial charge in [0.05, 0.1) is 12.0 Å². The Kier molecular flexibility index (Phi) is 6.05. The molecular formula is C17H23N3O4S. The third-order valence-corrected chi connectivity index (χ3v) is 5.57. The Hall–Kier alpha value is -2.09. The van der Waals surface area contributed by atoms with E-state index in [2.05, 4.69) is 4.98 Å². The highest BCUT2D eigenvalue weighted by atomic mass is 32.2. The van der Waals surface area contributed by atoms with Crippen LogP contribution in [0, 0.1) is 0 Å². The molecule has 136 valence electrons. The third-order valence-electron chi connectivity index (χ3n) is 4.06. The fourth-order valence-electron chi connectivity index (χ4n) is 2.60. The van der Waals surface area contributed by atoms with Gasteiger partial charge in [0, 0.05) is 25.2 Å². The van der Waals surface area contributed by atoms with Gasteiger partial charge in [-0.15, -0.1) is 11.8 Å². The lowest BCUT2D eigenvalue weighted by Gasteiger charge is -2.17. The molecule has 2 heterocycles. The number of esters is 1. The van der Waals surface area contributed by atoms with Crippen LogP contribution in [0.1, 0.15) is 32.8 Å². The Labute approximate surface area is 150 Å². The summed E-state index contributed by atoms with van der Waals surface area (Å²) in [5, 5.41) is -0.0468. The molecule has 0 fully saturated rings. The second kappa shape index (κ2) is 7.86. The Morgan fingerprint density at radius 1 is 1.24 bits per heavy atom. The number of carbonyl (C=O) groups is 1. The molecule has 0 aliphatic carbocycles. The van der Waals surface area contributed by atoms with Crippen molar-refractivity contribution in [3.63, 3.8) is 0 Å². The summed E-state index contributed by atoms with van der Waals surface area (Å²) in [5.41, 5.74) is 0.368. The molecule has 0 aliphatic rings. The van der Waals surface area contributed by atoms with Crippen molar-refractivity contribution in [2.24, 2.45) is 14.1 Å². The zero-order valence-corrected chi connectivity index (χ0v) is 16.0. The smallest absolute Gasteiger partial charge is 0.332 e. The van der Waals surface area contributed by atoms with E-state index < -0.39 is 16.5 Å². The average Bonchev–Trinajstić information content (AvgIpc) is 2.61. The molecular weight excluding hydrogens is 342 g/mol. The van der Waals surface area contributed by atoms with Crippen LogP contribution in [0.25, 0.3) is 11.0 Å². The van der Waals surface area contributed by atoms with Gasteiger partial charge in [-0.25, -0.2) is 9.78 Å². The predicted octanol–water partition coefficient (Wildman–Crippen LogP) is 1.63. The first-order valence-electron chi connectivity index (χ1n) is 8.28. The van der Waals surface area contributed by atoms with Crippen LogP contribution < -0.4 is 11.2 Å². The maximum atomic E-state index is 12.7. The quantitative estimate of drug-likeness (QED) is 0.571. The van der Waals surface area contributed by atoms with E-state index in [1.807, 2.05) is 13.8 Å². The molecule has 0 amide bonds. The highest BCUT2D eigenvalue weighted by Crippen LogP contribution is 2.33. The van der Waals surface area contributed by atoms with Gasteiger partial charge in [-0.1, -0.05) is 13.8 Å². The van der Waals surface area contributed by atoms with Crippen LogP contribution in [0.15, 0.2) is 20.7 Å². The van der Waals surface area contributed by atoms with E-state index in [0.717, 1.165) is 10.1 Å². The predicted molar refractivity (Wildman–Crippen MR) is 98.2 cm³/mol. The number of thioether (sulfide) groups is 1. The largest absolute Gasteiger partial charge is 0.465 e. The number of fused-ring (bicyclic) bond motifs is 1. The summed E-state index contributed by atoms with van der Waals surface area (Å²) in [5.74, 6) is -0.302. The standard InChI is InChI=1S/C17H23N3O4S/c1-6-10-9-18-14-12(15(21)20(5)17(23)19(14)4)13(10)25-11(7-2)16(22)24-8-3/h9,11H,6-8H2,1-5H3. The number of aryl methyl sites for hydroxylation is 2. The summed E-state index contributed by atoms with van der Waals surface area (Å²) in [6, 6.07) is 0. The van der Waals surface area contributed by atoms with Crippen molar-refractivity contribution in [2.45, 2.75) is 43.8 Å². The minimum atomic E-state index is -0.428. The molecule has 2 aromatic heterocycles. The van der Waals surface area contributed by atoms with Crippen LogP contribution >= 0.6 is 11.8 Å². The molecule has 0 bridgehead atoms. The summed E-state index contributed by atoms with van der Waals surface area (Å²) in [6.45, 7) is 5.94. The van der Waals surface area contributed by atoms with Gasteiger partial charge < -0.3 is 4.74 Å². The maximum Gasteiger partial charge on any atom is 0.332 e. The summed E-state index contributed by atoms with van der Waals surface area (Å²) in [4.78, 5) is 42.1. The SMILES string of the molecule is CCOC(=O)C(CC)Sc1c(CC)cnc2c1c(=O)n(C)c(=O)n2C. The number of rotatable bonds is 6. The van der Waals surface area contributed by atoms with Crippen LogP contribution in [0.2, 0.25) is 0 Å². The van der Waals surface area contributed by atoms with Gasteiger partial charge in [0.25, 0.3) is 5.56 Å². The molecule has 2 aromatic rings. The molecule has 0 radical (unpaired) electrons. The Bertz CT molecular complexity index is 917. The van der Waals surface area contributed by atoms with Crippen molar-refractivity contribution in [2.75, 3.05) is 6.61 Å². The van der Waals surface area contributed by atoms with Crippen LogP contribution in [0.4, 0.5) is 0 Å². The van der Waals surface area contributed by atoms with E-state index in [4.69, 9.17) is 4.74 Å². The Morgan fingerprint density at radius 3 is 2.48 bits per heavy atom. The summed E-state index contributed by atoms with van der Waals surface area (Å²) in [7, 11) is 3.03. The third kappa shape index (κ3) is 3.49. The van der Waals surface area contributed by atoms with Crippen molar-refractivity contribution in [1.29, 1.82) is 0 Å². The van der Waals surface area contributed by atoms with Gasteiger partial charge in [0.2, 0.25) is 0 Å². The van der Waals surface area contributed by atoms with E-state index in [0.29, 0.717) is 35.4 Å². The van der Waals surface area contributed by atoms with Crippen LogP contribution in [-0.4, -0.2) is 31.9 Å². The highest BCUT2D eigenvalue weighted by Gasteiger charge is 2.24. The van der Waals surface area contributed by atoms with Gasteiger partial charge in [-0.3, -0.25) is 18.7 Å². The minimum absolute atomic E-state index is 0.302. The first-order chi connectivity index (χ1) is 11.9. The summed E-state index contributed by atoms with van der Waals surface area (Å²) < 4.78 is 7.56. The fraction of sp³-hybridized carbons (Fsp3) is 0.529. The lowest BCUT2D eigenvalue weighted by molar-refractivity contribution is -0.142. The second-order valence-corrected chi connectivity index (χ2v) is 6.85. The molecule has 0 aromatic carbocycles. The van der Waals surface area contributed by atoms with Gasteiger partial charge in [-0.05, 0) is 25.3 Å². The number of nitrogens with zero attached hydrogens (tertiary/aromatic N) is 3. The highest BCUT2D eigenvalue weighted by molar-refractivity contribution is 8.00. The van der Waals surface area contributed by atoms with Crippen LogP contribution in [-0.2, 0) is 30.0 Å². The van der Waals surface area contributed by atoms with Crippen molar-refractivity contribution in [3.8, 4) is 0 Å². The zero-order valence-electron chi connectivity index (χ0n) is 15.2. The monoisotopic (exact) mass is 365 g/mol. The van der Waals surface area contributed by atoms with Crippen LogP contribution in [0.3, 0.4) is 0 Å².